The summed E-state index contributed by atoms with van der Waals surface area (Å²) in [5, 5.41) is 3.45. The first kappa shape index (κ1) is 19.0. The van der Waals surface area contributed by atoms with Gasteiger partial charge in [-0.3, -0.25) is 15.6 Å². The van der Waals surface area contributed by atoms with Crippen molar-refractivity contribution in [1.82, 2.24) is 16.2 Å². The number of carbonyl (C=O) groups is 1. The molecule has 126 valence electrons. The van der Waals surface area contributed by atoms with Crippen molar-refractivity contribution in [2.24, 2.45) is 0 Å². The highest BCUT2D eigenvalue weighted by Crippen LogP contribution is 2.12. The summed E-state index contributed by atoms with van der Waals surface area (Å²) in [6.45, 7) is 5.52. The lowest BCUT2D eigenvalue weighted by Gasteiger charge is -2.10. The molecule has 0 fully saturated rings. The summed E-state index contributed by atoms with van der Waals surface area (Å²) in [6, 6.07) is 7.52. The standard InChI is InChI=1S/C17H25N3O2S/c1-3-5-6-13-18-17(23)20-19-16(21)12-9-14-7-10-15(11-8-14)22-4-2/h7-12H,3-6,13H2,1-2H3,(H,19,21)(H2,18,20,23)/b12-9+. The number of unbranched alkanes of at least 4 members (excludes halogenated alkanes) is 2. The van der Waals surface area contributed by atoms with Crippen LogP contribution in [0.5, 0.6) is 5.75 Å². The van der Waals surface area contributed by atoms with Crippen molar-refractivity contribution in [1.29, 1.82) is 0 Å². The van der Waals surface area contributed by atoms with Crippen LogP contribution in [0.4, 0.5) is 0 Å². The Morgan fingerprint density at radius 3 is 2.57 bits per heavy atom. The first-order chi connectivity index (χ1) is 11.2. The first-order valence-corrected chi connectivity index (χ1v) is 8.31. The maximum Gasteiger partial charge on any atom is 0.262 e. The van der Waals surface area contributed by atoms with E-state index < -0.39 is 0 Å². The normalized spacial score (nSPS) is 10.3. The van der Waals surface area contributed by atoms with E-state index >= 15 is 0 Å². The van der Waals surface area contributed by atoms with Gasteiger partial charge in [0.25, 0.3) is 5.91 Å². The molecule has 0 unspecified atom stereocenters. The van der Waals surface area contributed by atoms with E-state index in [2.05, 4.69) is 23.1 Å². The van der Waals surface area contributed by atoms with Gasteiger partial charge in [0.2, 0.25) is 0 Å². The average molecular weight is 335 g/mol. The summed E-state index contributed by atoms with van der Waals surface area (Å²) in [5.41, 5.74) is 6.11. The van der Waals surface area contributed by atoms with Crippen LogP contribution in [0.1, 0.15) is 38.7 Å². The van der Waals surface area contributed by atoms with E-state index in [-0.39, 0.29) is 5.91 Å². The van der Waals surface area contributed by atoms with Crippen LogP contribution in [-0.2, 0) is 4.79 Å². The van der Waals surface area contributed by atoms with Gasteiger partial charge in [-0.2, -0.15) is 0 Å². The Morgan fingerprint density at radius 1 is 1.17 bits per heavy atom. The van der Waals surface area contributed by atoms with Crippen molar-refractivity contribution in [2.75, 3.05) is 13.2 Å². The summed E-state index contributed by atoms with van der Waals surface area (Å²) < 4.78 is 5.36. The molecule has 0 aliphatic rings. The minimum absolute atomic E-state index is 0.267. The number of hydrogen-bond acceptors (Lipinski definition) is 3. The summed E-state index contributed by atoms with van der Waals surface area (Å²) >= 11 is 5.06. The second-order valence-corrected chi connectivity index (χ2v) is 5.32. The number of amides is 1. The van der Waals surface area contributed by atoms with Crippen LogP contribution >= 0.6 is 12.2 Å². The number of ether oxygens (including phenoxy) is 1. The minimum atomic E-state index is -0.267. The number of hydrogen-bond donors (Lipinski definition) is 3. The number of nitrogens with one attached hydrogen (secondary N) is 3. The van der Waals surface area contributed by atoms with Gasteiger partial charge in [0.15, 0.2) is 5.11 Å². The number of hydrazine groups is 1. The molecule has 0 radical (unpaired) electrons. The van der Waals surface area contributed by atoms with Crippen LogP contribution in [0.3, 0.4) is 0 Å². The molecule has 0 saturated carbocycles. The maximum absolute atomic E-state index is 11.7. The molecule has 1 amide bonds. The molecule has 5 nitrogen and oxygen atoms in total. The monoisotopic (exact) mass is 335 g/mol. The molecule has 23 heavy (non-hydrogen) atoms. The van der Waals surface area contributed by atoms with Crippen LogP contribution in [0.25, 0.3) is 6.08 Å². The third-order valence-corrected chi connectivity index (χ3v) is 3.23. The zero-order valence-electron chi connectivity index (χ0n) is 13.7. The maximum atomic E-state index is 11.7. The molecule has 1 aromatic carbocycles. The quantitative estimate of drug-likeness (QED) is 0.295. The predicted octanol–water partition coefficient (Wildman–Crippen LogP) is 2.78. The van der Waals surface area contributed by atoms with Gasteiger partial charge in [0.1, 0.15) is 5.75 Å². The summed E-state index contributed by atoms with van der Waals surface area (Å²) in [4.78, 5) is 11.7. The van der Waals surface area contributed by atoms with Crippen molar-refractivity contribution in [3.05, 3.63) is 35.9 Å². The highest BCUT2D eigenvalue weighted by molar-refractivity contribution is 7.80. The molecule has 0 aliphatic carbocycles. The topological polar surface area (TPSA) is 62.4 Å². The van der Waals surface area contributed by atoms with E-state index in [4.69, 9.17) is 17.0 Å². The van der Waals surface area contributed by atoms with E-state index in [1.807, 2.05) is 31.2 Å². The SMILES string of the molecule is CCCCCNC(=S)NNC(=O)/C=C/c1ccc(OCC)cc1. The van der Waals surface area contributed by atoms with Gasteiger partial charge in [-0.15, -0.1) is 0 Å². The molecule has 0 heterocycles. The van der Waals surface area contributed by atoms with Crippen molar-refractivity contribution >= 4 is 29.3 Å². The third-order valence-electron chi connectivity index (χ3n) is 2.98. The fourth-order valence-corrected chi connectivity index (χ4v) is 1.95. The van der Waals surface area contributed by atoms with Crippen molar-refractivity contribution in [2.45, 2.75) is 33.1 Å². The number of carbonyl (C=O) groups excluding carboxylic acids is 1. The van der Waals surface area contributed by atoms with E-state index in [0.29, 0.717) is 11.7 Å². The zero-order valence-corrected chi connectivity index (χ0v) is 14.5. The van der Waals surface area contributed by atoms with Gasteiger partial charge in [-0.25, -0.2) is 0 Å². The Hall–Kier alpha value is -2.08. The third kappa shape index (κ3) is 8.83. The van der Waals surface area contributed by atoms with Crippen LogP contribution in [0, 0.1) is 0 Å². The largest absolute Gasteiger partial charge is 0.494 e. The Balaban J connectivity index is 2.28. The smallest absolute Gasteiger partial charge is 0.262 e. The molecule has 1 aromatic rings. The molecular weight excluding hydrogens is 310 g/mol. The van der Waals surface area contributed by atoms with Crippen LogP contribution in [-0.4, -0.2) is 24.2 Å². The Labute approximate surface area is 143 Å². The molecular formula is C17H25N3O2S. The van der Waals surface area contributed by atoms with Gasteiger partial charge in [0, 0.05) is 12.6 Å². The lowest BCUT2D eigenvalue weighted by Crippen LogP contribution is -2.46. The average Bonchev–Trinajstić information content (AvgIpc) is 2.56. The number of rotatable bonds is 8. The molecule has 6 heteroatoms. The fourth-order valence-electron chi connectivity index (χ4n) is 1.79. The van der Waals surface area contributed by atoms with Gasteiger partial charge in [-0.05, 0) is 49.3 Å². The molecule has 0 aromatic heterocycles. The molecule has 0 aliphatic heterocycles. The lowest BCUT2D eigenvalue weighted by atomic mass is 10.2. The van der Waals surface area contributed by atoms with E-state index in [0.717, 1.165) is 37.1 Å². The Morgan fingerprint density at radius 2 is 1.91 bits per heavy atom. The van der Waals surface area contributed by atoms with Crippen LogP contribution in [0.15, 0.2) is 30.3 Å². The first-order valence-electron chi connectivity index (χ1n) is 7.90. The molecule has 1 rings (SSSR count). The highest BCUT2D eigenvalue weighted by atomic mass is 32.1. The van der Waals surface area contributed by atoms with Crippen LogP contribution in [0.2, 0.25) is 0 Å². The predicted molar refractivity (Wildman–Crippen MR) is 98.0 cm³/mol. The van der Waals surface area contributed by atoms with Gasteiger partial charge < -0.3 is 10.1 Å². The van der Waals surface area contributed by atoms with Crippen molar-refractivity contribution in [3.8, 4) is 5.75 Å². The summed E-state index contributed by atoms with van der Waals surface area (Å²) in [5.74, 6) is 0.548. The molecule has 0 bridgehead atoms. The second kappa shape index (κ2) is 11.5. The van der Waals surface area contributed by atoms with Gasteiger partial charge in [0.05, 0.1) is 6.61 Å². The summed E-state index contributed by atoms with van der Waals surface area (Å²) in [7, 11) is 0. The zero-order chi connectivity index (χ0) is 16.9. The Bertz CT molecular complexity index is 515. The molecule has 0 saturated heterocycles. The summed E-state index contributed by atoms with van der Waals surface area (Å²) in [6.07, 6.45) is 6.55. The van der Waals surface area contributed by atoms with E-state index in [1.165, 1.54) is 6.08 Å². The molecule has 3 N–H and O–H groups in total. The fraction of sp³-hybridized carbons (Fsp3) is 0.412. The van der Waals surface area contributed by atoms with Crippen LogP contribution < -0.4 is 20.9 Å². The Kier molecular flexibility index (Phi) is 9.47. The number of thiocarbonyl (C=S) groups is 1. The number of benzene rings is 1. The highest BCUT2D eigenvalue weighted by Gasteiger charge is 1.98. The lowest BCUT2D eigenvalue weighted by molar-refractivity contribution is -0.116. The van der Waals surface area contributed by atoms with Gasteiger partial charge >= 0.3 is 0 Å². The van der Waals surface area contributed by atoms with Gasteiger partial charge in [-0.1, -0.05) is 31.9 Å². The van der Waals surface area contributed by atoms with E-state index in [1.54, 1.807) is 6.08 Å². The van der Waals surface area contributed by atoms with Crippen molar-refractivity contribution in [3.63, 3.8) is 0 Å². The molecule has 0 atom stereocenters. The minimum Gasteiger partial charge on any atom is -0.494 e. The molecule has 0 spiro atoms. The van der Waals surface area contributed by atoms with E-state index in [9.17, 15) is 4.79 Å². The van der Waals surface area contributed by atoms with Crippen molar-refractivity contribution < 1.29 is 9.53 Å². The second-order valence-electron chi connectivity index (χ2n) is 4.91.